The SMILES string of the molecule is Cc1nn(-c2ccc(F)cc2)c(C)c1/C=C1/C(=O)Nc2cc(Cl)ccc21. The molecule has 0 bridgehead atoms. The van der Waals surface area contributed by atoms with Crippen LogP contribution >= 0.6 is 11.6 Å². The number of hydrogen-bond donors (Lipinski definition) is 1. The van der Waals surface area contributed by atoms with E-state index in [1.807, 2.05) is 26.0 Å². The Hall–Kier alpha value is -2.92. The molecule has 1 aliphatic heterocycles. The lowest BCUT2D eigenvalue weighted by atomic mass is 10.0. The fraction of sp³-hybridized carbons (Fsp3) is 0.100. The first-order valence-corrected chi connectivity index (χ1v) is 8.47. The Bertz CT molecular complexity index is 1070. The molecule has 0 saturated carbocycles. The van der Waals surface area contributed by atoms with Crippen molar-refractivity contribution >= 4 is 34.8 Å². The molecule has 130 valence electrons. The Morgan fingerprint density at radius 1 is 1.15 bits per heavy atom. The van der Waals surface area contributed by atoms with Crippen molar-refractivity contribution in [3.63, 3.8) is 0 Å². The lowest BCUT2D eigenvalue weighted by Gasteiger charge is -2.04. The van der Waals surface area contributed by atoms with E-state index in [-0.39, 0.29) is 11.7 Å². The predicted molar refractivity (Wildman–Crippen MR) is 101 cm³/mol. The number of aromatic nitrogens is 2. The van der Waals surface area contributed by atoms with Crippen LogP contribution in [0.3, 0.4) is 0 Å². The molecular weight excluding hydrogens is 353 g/mol. The van der Waals surface area contributed by atoms with Crippen LogP contribution in [0, 0.1) is 19.7 Å². The van der Waals surface area contributed by atoms with Gasteiger partial charge in [-0.15, -0.1) is 0 Å². The molecule has 6 heteroatoms. The standard InChI is InChI=1S/C20H15ClFN3O/c1-11-17(12(2)25(24-11)15-6-4-14(22)5-7-15)10-18-16-8-3-13(21)9-19(16)23-20(18)26/h3-10H,1-2H3,(H,23,26)/b18-10+. The quantitative estimate of drug-likeness (QED) is 0.663. The van der Waals surface area contributed by atoms with Gasteiger partial charge in [0.05, 0.1) is 17.1 Å². The highest BCUT2D eigenvalue weighted by molar-refractivity contribution is 6.36. The summed E-state index contributed by atoms with van der Waals surface area (Å²) in [6, 6.07) is 11.5. The molecule has 0 spiro atoms. The van der Waals surface area contributed by atoms with Crippen LogP contribution in [0.5, 0.6) is 0 Å². The molecule has 1 aliphatic rings. The average Bonchev–Trinajstić information content (AvgIpc) is 3.06. The van der Waals surface area contributed by atoms with Gasteiger partial charge in [-0.2, -0.15) is 5.10 Å². The molecule has 2 heterocycles. The number of fused-ring (bicyclic) bond motifs is 1. The fourth-order valence-corrected chi connectivity index (χ4v) is 3.32. The summed E-state index contributed by atoms with van der Waals surface area (Å²) in [5.74, 6) is -0.467. The van der Waals surface area contributed by atoms with Crippen LogP contribution in [0.4, 0.5) is 10.1 Å². The number of rotatable bonds is 2. The summed E-state index contributed by atoms with van der Waals surface area (Å²) in [5.41, 5.74) is 5.37. The Morgan fingerprint density at radius 3 is 2.62 bits per heavy atom. The zero-order valence-electron chi connectivity index (χ0n) is 14.2. The van der Waals surface area contributed by atoms with E-state index in [4.69, 9.17) is 11.6 Å². The van der Waals surface area contributed by atoms with Gasteiger partial charge in [0.2, 0.25) is 0 Å². The van der Waals surface area contributed by atoms with Gasteiger partial charge in [-0.3, -0.25) is 4.79 Å². The third kappa shape index (κ3) is 2.70. The van der Waals surface area contributed by atoms with Gasteiger partial charge in [0.25, 0.3) is 5.91 Å². The van der Waals surface area contributed by atoms with Crippen LogP contribution in [-0.2, 0) is 4.79 Å². The highest BCUT2D eigenvalue weighted by Gasteiger charge is 2.25. The second kappa shape index (κ2) is 6.11. The van der Waals surface area contributed by atoms with Gasteiger partial charge in [0.1, 0.15) is 5.82 Å². The number of halogens is 2. The number of amides is 1. The Balaban J connectivity index is 1.82. The van der Waals surface area contributed by atoms with E-state index in [0.29, 0.717) is 16.3 Å². The number of carbonyl (C=O) groups is 1. The molecule has 0 radical (unpaired) electrons. The van der Waals surface area contributed by atoms with Gasteiger partial charge in [-0.1, -0.05) is 17.7 Å². The molecule has 4 rings (SSSR count). The van der Waals surface area contributed by atoms with Crippen LogP contribution in [0.25, 0.3) is 17.3 Å². The maximum Gasteiger partial charge on any atom is 0.256 e. The highest BCUT2D eigenvalue weighted by atomic mass is 35.5. The maximum absolute atomic E-state index is 13.2. The largest absolute Gasteiger partial charge is 0.321 e. The van der Waals surface area contributed by atoms with Gasteiger partial charge in [0, 0.05) is 27.4 Å². The van der Waals surface area contributed by atoms with Gasteiger partial charge < -0.3 is 5.32 Å². The number of anilines is 1. The normalized spacial score (nSPS) is 14.6. The second-order valence-corrected chi connectivity index (χ2v) is 6.61. The van der Waals surface area contributed by atoms with Crippen molar-refractivity contribution in [2.75, 3.05) is 5.32 Å². The van der Waals surface area contributed by atoms with Crippen molar-refractivity contribution in [2.45, 2.75) is 13.8 Å². The van der Waals surface area contributed by atoms with Crippen LogP contribution < -0.4 is 5.32 Å². The minimum atomic E-state index is -0.296. The van der Waals surface area contributed by atoms with Gasteiger partial charge in [-0.05, 0) is 56.3 Å². The van der Waals surface area contributed by atoms with Crippen LogP contribution in [0.15, 0.2) is 42.5 Å². The summed E-state index contributed by atoms with van der Waals surface area (Å²) in [6.45, 7) is 3.81. The molecule has 2 aromatic carbocycles. The van der Waals surface area contributed by atoms with Gasteiger partial charge in [-0.25, -0.2) is 9.07 Å². The number of aryl methyl sites for hydroxylation is 1. The molecule has 1 amide bonds. The van der Waals surface area contributed by atoms with Crippen LogP contribution in [0.2, 0.25) is 5.02 Å². The lowest BCUT2D eigenvalue weighted by Crippen LogP contribution is -2.03. The number of benzene rings is 2. The summed E-state index contributed by atoms with van der Waals surface area (Å²) in [5, 5.41) is 7.95. The smallest absolute Gasteiger partial charge is 0.256 e. The van der Waals surface area contributed by atoms with E-state index in [1.165, 1.54) is 12.1 Å². The number of nitrogens with one attached hydrogen (secondary N) is 1. The average molecular weight is 368 g/mol. The number of hydrogen-bond acceptors (Lipinski definition) is 2. The lowest BCUT2D eigenvalue weighted by molar-refractivity contribution is -0.110. The molecular formula is C20H15ClFN3O. The Morgan fingerprint density at radius 2 is 1.88 bits per heavy atom. The Labute approximate surface area is 154 Å². The van der Waals surface area contributed by atoms with Crippen molar-refractivity contribution in [1.29, 1.82) is 0 Å². The van der Waals surface area contributed by atoms with Crippen molar-refractivity contribution in [3.8, 4) is 5.69 Å². The van der Waals surface area contributed by atoms with Crippen molar-refractivity contribution in [2.24, 2.45) is 0 Å². The first-order chi connectivity index (χ1) is 12.4. The van der Waals surface area contributed by atoms with E-state index in [2.05, 4.69) is 10.4 Å². The first-order valence-electron chi connectivity index (χ1n) is 8.09. The molecule has 1 N–H and O–H groups in total. The molecule has 0 aliphatic carbocycles. The molecule has 0 saturated heterocycles. The van der Waals surface area contributed by atoms with E-state index >= 15 is 0 Å². The molecule has 0 atom stereocenters. The van der Waals surface area contributed by atoms with Crippen molar-refractivity contribution in [1.82, 2.24) is 9.78 Å². The third-order valence-corrected chi connectivity index (χ3v) is 4.71. The summed E-state index contributed by atoms with van der Waals surface area (Å²) in [7, 11) is 0. The summed E-state index contributed by atoms with van der Waals surface area (Å²) in [4.78, 5) is 12.4. The monoisotopic (exact) mass is 367 g/mol. The summed E-state index contributed by atoms with van der Waals surface area (Å²) >= 11 is 6.00. The predicted octanol–water partition coefficient (Wildman–Crippen LogP) is 4.77. The molecule has 0 unspecified atom stereocenters. The third-order valence-electron chi connectivity index (χ3n) is 4.47. The second-order valence-electron chi connectivity index (χ2n) is 6.17. The van der Waals surface area contributed by atoms with E-state index in [0.717, 1.165) is 28.2 Å². The van der Waals surface area contributed by atoms with Crippen LogP contribution in [-0.4, -0.2) is 15.7 Å². The minimum Gasteiger partial charge on any atom is -0.321 e. The topological polar surface area (TPSA) is 46.9 Å². The fourth-order valence-electron chi connectivity index (χ4n) is 3.15. The summed E-state index contributed by atoms with van der Waals surface area (Å²) in [6.07, 6.45) is 1.84. The van der Waals surface area contributed by atoms with Gasteiger partial charge >= 0.3 is 0 Å². The zero-order valence-corrected chi connectivity index (χ0v) is 14.9. The van der Waals surface area contributed by atoms with Crippen molar-refractivity contribution in [3.05, 3.63) is 75.8 Å². The van der Waals surface area contributed by atoms with Crippen LogP contribution in [0.1, 0.15) is 22.5 Å². The summed E-state index contributed by atoms with van der Waals surface area (Å²) < 4.78 is 14.9. The molecule has 0 fully saturated rings. The molecule has 3 aromatic rings. The minimum absolute atomic E-state index is 0.171. The number of nitrogens with zero attached hydrogens (tertiary/aromatic N) is 2. The molecule has 26 heavy (non-hydrogen) atoms. The highest BCUT2D eigenvalue weighted by Crippen LogP contribution is 2.35. The number of carbonyl (C=O) groups excluding carboxylic acids is 1. The van der Waals surface area contributed by atoms with E-state index in [9.17, 15) is 9.18 Å². The molecule has 1 aromatic heterocycles. The zero-order chi connectivity index (χ0) is 18.4. The van der Waals surface area contributed by atoms with Gasteiger partial charge in [0.15, 0.2) is 0 Å². The van der Waals surface area contributed by atoms with E-state index in [1.54, 1.807) is 28.9 Å². The maximum atomic E-state index is 13.2. The Kier molecular flexibility index (Phi) is 3.89. The first kappa shape index (κ1) is 16.5. The van der Waals surface area contributed by atoms with E-state index < -0.39 is 0 Å². The molecule has 4 nitrogen and oxygen atoms in total. The van der Waals surface area contributed by atoms with Crippen molar-refractivity contribution < 1.29 is 9.18 Å².